The number of piperidine rings is 1. The van der Waals surface area contributed by atoms with Gasteiger partial charge in [0.05, 0.1) is 0 Å². The Morgan fingerprint density at radius 2 is 2.30 bits per heavy atom. The normalized spacial score (nSPS) is 29.6. The van der Waals surface area contributed by atoms with Crippen LogP contribution in [0.15, 0.2) is 24.4 Å². The fourth-order valence-corrected chi connectivity index (χ4v) is 5.12. The average molecular weight is 286 g/mol. The third-order valence-electron chi connectivity index (χ3n) is 5.21. The molecule has 2 nitrogen and oxygen atoms in total. The lowest BCUT2D eigenvalue weighted by atomic mass is 9.73. The van der Waals surface area contributed by atoms with Gasteiger partial charge in [-0.15, -0.1) is 0 Å². The first-order valence-corrected chi connectivity index (χ1v) is 8.95. The van der Waals surface area contributed by atoms with Gasteiger partial charge in [0, 0.05) is 35.6 Å². The predicted octanol–water partition coefficient (Wildman–Crippen LogP) is 3.49. The molecule has 0 bridgehead atoms. The van der Waals surface area contributed by atoms with Crippen LogP contribution in [0.25, 0.3) is 10.9 Å². The van der Waals surface area contributed by atoms with Crippen molar-refractivity contribution >= 4 is 22.7 Å². The minimum atomic E-state index is 0.696. The molecule has 2 unspecified atom stereocenters. The SMILES string of the molecule is CSCC1CC2c3cccc4[nH]cc(c34)C[C@H]2N(C)C1. The standard InChI is InChI=1S/C17H22N2S/c1-19-9-11(10-20-2)6-14-13-4-3-5-15-17(13)12(8-18-15)7-16(14)19/h3-5,8,11,14,16,18H,6-7,9-10H2,1-2H3/t11?,14?,16-/m1/s1. The zero-order valence-corrected chi connectivity index (χ0v) is 13.0. The van der Waals surface area contributed by atoms with E-state index >= 15 is 0 Å². The van der Waals surface area contributed by atoms with Crippen molar-refractivity contribution < 1.29 is 0 Å². The Labute approximate surface area is 124 Å². The van der Waals surface area contributed by atoms with Gasteiger partial charge in [0.25, 0.3) is 0 Å². The van der Waals surface area contributed by atoms with E-state index in [0.29, 0.717) is 6.04 Å². The van der Waals surface area contributed by atoms with Crippen molar-refractivity contribution in [3.8, 4) is 0 Å². The second-order valence-electron chi connectivity index (χ2n) is 6.46. The van der Waals surface area contributed by atoms with Gasteiger partial charge in [0.1, 0.15) is 0 Å². The maximum atomic E-state index is 3.46. The summed E-state index contributed by atoms with van der Waals surface area (Å²) < 4.78 is 0. The number of thioether (sulfide) groups is 1. The van der Waals surface area contributed by atoms with Gasteiger partial charge in [0.2, 0.25) is 0 Å². The molecule has 2 aromatic rings. The third kappa shape index (κ3) is 1.83. The fourth-order valence-electron chi connectivity index (χ4n) is 4.41. The molecule has 1 saturated heterocycles. The smallest absolute Gasteiger partial charge is 0.0459 e. The Bertz CT molecular complexity index is 633. The number of likely N-dealkylation sites (tertiary alicyclic amines) is 1. The van der Waals surface area contributed by atoms with Crippen LogP contribution in [-0.2, 0) is 6.42 Å². The van der Waals surface area contributed by atoms with E-state index in [0.717, 1.165) is 11.8 Å². The van der Waals surface area contributed by atoms with Crippen LogP contribution in [0.1, 0.15) is 23.5 Å². The number of nitrogens with zero attached hydrogens (tertiary/aromatic N) is 1. The van der Waals surface area contributed by atoms with Gasteiger partial charge in [-0.1, -0.05) is 12.1 Å². The number of hydrogen-bond acceptors (Lipinski definition) is 2. The minimum Gasteiger partial charge on any atom is -0.361 e. The molecule has 1 aliphatic carbocycles. The summed E-state index contributed by atoms with van der Waals surface area (Å²) in [6.45, 7) is 1.26. The number of likely N-dealkylation sites (N-methyl/N-ethyl adjacent to an activating group) is 1. The highest BCUT2D eigenvalue weighted by molar-refractivity contribution is 7.98. The highest BCUT2D eigenvalue weighted by atomic mass is 32.2. The third-order valence-corrected chi connectivity index (χ3v) is 6.02. The summed E-state index contributed by atoms with van der Waals surface area (Å²) >= 11 is 2.00. The molecule has 4 rings (SSSR count). The first-order valence-electron chi connectivity index (χ1n) is 7.56. The van der Waals surface area contributed by atoms with Gasteiger partial charge in [-0.05, 0) is 55.0 Å². The molecule has 3 heteroatoms. The van der Waals surface area contributed by atoms with Crippen LogP contribution in [-0.4, -0.2) is 41.5 Å². The van der Waals surface area contributed by atoms with Crippen molar-refractivity contribution in [1.29, 1.82) is 0 Å². The molecule has 2 heterocycles. The largest absolute Gasteiger partial charge is 0.361 e. The van der Waals surface area contributed by atoms with Crippen LogP contribution in [0, 0.1) is 5.92 Å². The fraction of sp³-hybridized carbons (Fsp3) is 0.529. The van der Waals surface area contributed by atoms with Gasteiger partial charge in [0.15, 0.2) is 0 Å². The first kappa shape index (κ1) is 12.8. The Kier molecular flexibility index (Phi) is 3.08. The number of nitrogens with one attached hydrogen (secondary N) is 1. The molecular weight excluding hydrogens is 264 g/mol. The van der Waals surface area contributed by atoms with E-state index in [1.165, 1.54) is 41.6 Å². The zero-order chi connectivity index (χ0) is 13.7. The van der Waals surface area contributed by atoms with Crippen LogP contribution in [0.3, 0.4) is 0 Å². The van der Waals surface area contributed by atoms with Crippen LogP contribution in [0.2, 0.25) is 0 Å². The summed E-state index contributed by atoms with van der Waals surface area (Å²) in [6, 6.07) is 7.50. The summed E-state index contributed by atoms with van der Waals surface area (Å²) in [5.41, 5.74) is 4.44. The van der Waals surface area contributed by atoms with E-state index < -0.39 is 0 Å². The number of hydrogen-bond donors (Lipinski definition) is 1. The minimum absolute atomic E-state index is 0.696. The van der Waals surface area contributed by atoms with Crippen molar-refractivity contribution in [2.45, 2.75) is 24.8 Å². The lowest BCUT2D eigenvalue weighted by molar-refractivity contribution is 0.121. The molecular formula is C17H22N2S. The predicted molar refractivity (Wildman–Crippen MR) is 87.7 cm³/mol. The molecule has 3 atom stereocenters. The zero-order valence-electron chi connectivity index (χ0n) is 12.2. The second-order valence-corrected chi connectivity index (χ2v) is 7.37. The summed E-state index contributed by atoms with van der Waals surface area (Å²) in [5.74, 6) is 2.86. The quantitative estimate of drug-likeness (QED) is 0.911. The maximum absolute atomic E-state index is 3.46. The van der Waals surface area contributed by atoms with E-state index in [4.69, 9.17) is 0 Å². The van der Waals surface area contributed by atoms with Crippen LogP contribution in [0.5, 0.6) is 0 Å². The van der Waals surface area contributed by atoms with E-state index in [2.05, 4.69) is 47.6 Å². The lowest BCUT2D eigenvalue weighted by Gasteiger charge is -2.45. The topological polar surface area (TPSA) is 19.0 Å². The van der Waals surface area contributed by atoms with E-state index in [-0.39, 0.29) is 0 Å². The molecule has 1 aromatic carbocycles. The molecule has 20 heavy (non-hydrogen) atoms. The number of fused-ring (bicyclic) bond motifs is 2. The average Bonchev–Trinajstić information content (AvgIpc) is 2.86. The number of rotatable bonds is 2. The molecule has 0 radical (unpaired) electrons. The highest BCUT2D eigenvalue weighted by Crippen LogP contribution is 2.44. The molecule has 0 spiro atoms. The first-order chi connectivity index (χ1) is 9.78. The summed E-state index contributed by atoms with van der Waals surface area (Å²) in [7, 11) is 2.32. The van der Waals surface area contributed by atoms with Gasteiger partial charge < -0.3 is 9.88 Å². The van der Waals surface area contributed by atoms with Gasteiger partial charge in [-0.2, -0.15) is 11.8 Å². The lowest BCUT2D eigenvalue weighted by Crippen LogP contribution is -2.48. The molecule has 1 fully saturated rings. The molecule has 1 aromatic heterocycles. The van der Waals surface area contributed by atoms with Crippen molar-refractivity contribution in [2.24, 2.45) is 5.92 Å². The van der Waals surface area contributed by atoms with Crippen molar-refractivity contribution in [3.63, 3.8) is 0 Å². The summed E-state index contributed by atoms with van der Waals surface area (Å²) in [6.07, 6.45) is 7.04. The van der Waals surface area contributed by atoms with E-state index in [1.54, 1.807) is 5.56 Å². The van der Waals surface area contributed by atoms with Crippen molar-refractivity contribution in [3.05, 3.63) is 35.5 Å². The summed E-state index contributed by atoms with van der Waals surface area (Å²) in [4.78, 5) is 6.07. The monoisotopic (exact) mass is 286 g/mol. The van der Waals surface area contributed by atoms with Crippen LogP contribution >= 0.6 is 11.8 Å². The van der Waals surface area contributed by atoms with Crippen molar-refractivity contribution in [1.82, 2.24) is 9.88 Å². The second kappa shape index (κ2) is 4.81. The number of H-pyrrole nitrogens is 1. The molecule has 0 amide bonds. The van der Waals surface area contributed by atoms with Gasteiger partial charge >= 0.3 is 0 Å². The molecule has 106 valence electrons. The molecule has 1 N–H and O–H groups in total. The Morgan fingerprint density at radius 1 is 1.40 bits per heavy atom. The Hall–Kier alpha value is -0.930. The molecule has 0 saturated carbocycles. The number of aromatic amines is 1. The Morgan fingerprint density at radius 3 is 3.15 bits per heavy atom. The highest BCUT2D eigenvalue weighted by Gasteiger charge is 2.38. The number of benzene rings is 1. The van der Waals surface area contributed by atoms with Gasteiger partial charge in [-0.25, -0.2) is 0 Å². The molecule has 2 aliphatic rings. The maximum Gasteiger partial charge on any atom is 0.0459 e. The number of aromatic nitrogens is 1. The van der Waals surface area contributed by atoms with Crippen molar-refractivity contribution in [2.75, 3.05) is 25.6 Å². The van der Waals surface area contributed by atoms with E-state index in [1.807, 2.05) is 11.8 Å². The van der Waals surface area contributed by atoms with E-state index in [9.17, 15) is 0 Å². The Balaban J connectivity index is 1.79. The van der Waals surface area contributed by atoms with Crippen LogP contribution in [0.4, 0.5) is 0 Å². The van der Waals surface area contributed by atoms with Gasteiger partial charge in [-0.3, -0.25) is 0 Å². The van der Waals surface area contributed by atoms with Crippen LogP contribution < -0.4 is 0 Å². The summed E-state index contributed by atoms with van der Waals surface area (Å²) in [5, 5.41) is 1.52. The molecule has 1 aliphatic heterocycles.